The summed E-state index contributed by atoms with van der Waals surface area (Å²) < 4.78 is 0. The molecular formula is C14H20ClNO. The number of nitrogens with one attached hydrogen (secondary N) is 1. The molecule has 0 aliphatic carbocycles. The Morgan fingerprint density at radius 1 is 1.41 bits per heavy atom. The van der Waals surface area contributed by atoms with Crippen LogP contribution in [0.2, 0.25) is 5.02 Å². The van der Waals surface area contributed by atoms with Gasteiger partial charge in [-0.2, -0.15) is 0 Å². The van der Waals surface area contributed by atoms with Crippen molar-refractivity contribution in [3.63, 3.8) is 0 Å². The van der Waals surface area contributed by atoms with Crippen LogP contribution in [0, 0.1) is 6.92 Å². The Bertz CT molecular complexity index is 403. The molecule has 0 fully saturated rings. The standard InChI is InChI=1S/C14H20ClNO/c1-5-10(3)16-11(4)14(17)12-6-7-13(15)9(2)8-12/h6-8,10-11,16H,5H2,1-4H3. The third-order valence-electron chi connectivity index (χ3n) is 2.98. The van der Waals surface area contributed by atoms with Gasteiger partial charge in [0.05, 0.1) is 6.04 Å². The SMILES string of the molecule is CCC(C)NC(C)C(=O)c1ccc(Cl)c(C)c1. The fourth-order valence-corrected chi connectivity index (χ4v) is 1.79. The van der Waals surface area contributed by atoms with Gasteiger partial charge in [0.1, 0.15) is 0 Å². The van der Waals surface area contributed by atoms with Gasteiger partial charge >= 0.3 is 0 Å². The van der Waals surface area contributed by atoms with Crippen molar-refractivity contribution in [2.45, 2.75) is 46.2 Å². The molecule has 0 aliphatic rings. The van der Waals surface area contributed by atoms with Crippen LogP contribution in [0.1, 0.15) is 43.1 Å². The van der Waals surface area contributed by atoms with Crippen LogP contribution < -0.4 is 5.32 Å². The highest BCUT2D eigenvalue weighted by Gasteiger charge is 2.16. The Labute approximate surface area is 108 Å². The van der Waals surface area contributed by atoms with E-state index >= 15 is 0 Å². The summed E-state index contributed by atoms with van der Waals surface area (Å²) >= 11 is 5.94. The molecule has 1 aromatic rings. The molecule has 0 bridgehead atoms. The van der Waals surface area contributed by atoms with Crippen molar-refractivity contribution in [3.8, 4) is 0 Å². The molecule has 3 heteroatoms. The molecule has 0 aliphatic heterocycles. The van der Waals surface area contributed by atoms with E-state index in [-0.39, 0.29) is 11.8 Å². The second-order valence-electron chi connectivity index (χ2n) is 4.53. The number of hydrogen-bond donors (Lipinski definition) is 1. The lowest BCUT2D eigenvalue weighted by Gasteiger charge is -2.18. The van der Waals surface area contributed by atoms with E-state index in [4.69, 9.17) is 11.6 Å². The number of halogens is 1. The summed E-state index contributed by atoms with van der Waals surface area (Å²) in [5.74, 6) is 0.116. The Balaban J connectivity index is 2.78. The Morgan fingerprint density at radius 2 is 2.06 bits per heavy atom. The van der Waals surface area contributed by atoms with Crippen molar-refractivity contribution in [3.05, 3.63) is 34.3 Å². The summed E-state index contributed by atoms with van der Waals surface area (Å²) in [5.41, 5.74) is 1.66. The van der Waals surface area contributed by atoms with Crippen LogP contribution in [0.3, 0.4) is 0 Å². The minimum atomic E-state index is -0.162. The molecule has 0 aromatic heterocycles. The van der Waals surface area contributed by atoms with Crippen LogP contribution in [0.4, 0.5) is 0 Å². The van der Waals surface area contributed by atoms with Gasteiger partial charge in [-0.1, -0.05) is 18.5 Å². The maximum absolute atomic E-state index is 12.2. The van der Waals surface area contributed by atoms with Gasteiger partial charge in [0.25, 0.3) is 0 Å². The molecule has 0 saturated heterocycles. The van der Waals surface area contributed by atoms with Crippen LogP contribution >= 0.6 is 11.6 Å². The minimum Gasteiger partial charge on any atom is -0.305 e. The van der Waals surface area contributed by atoms with Crippen molar-refractivity contribution >= 4 is 17.4 Å². The van der Waals surface area contributed by atoms with Crippen LogP contribution in [-0.2, 0) is 0 Å². The topological polar surface area (TPSA) is 29.1 Å². The molecular weight excluding hydrogens is 234 g/mol. The lowest BCUT2D eigenvalue weighted by Crippen LogP contribution is -2.39. The van der Waals surface area contributed by atoms with E-state index in [0.717, 1.165) is 17.5 Å². The van der Waals surface area contributed by atoms with Crippen LogP contribution in [0.25, 0.3) is 0 Å². The zero-order valence-electron chi connectivity index (χ0n) is 10.9. The molecule has 2 atom stereocenters. The zero-order valence-corrected chi connectivity index (χ0v) is 11.6. The first-order chi connectivity index (χ1) is 7.95. The van der Waals surface area contributed by atoms with Gasteiger partial charge in [0, 0.05) is 16.6 Å². The average Bonchev–Trinajstić information content (AvgIpc) is 2.31. The highest BCUT2D eigenvalue weighted by Crippen LogP contribution is 2.17. The maximum atomic E-state index is 12.2. The smallest absolute Gasteiger partial charge is 0.179 e. The summed E-state index contributed by atoms with van der Waals surface area (Å²) in [6.45, 7) is 7.99. The number of benzene rings is 1. The van der Waals surface area contributed by atoms with Crippen molar-refractivity contribution < 1.29 is 4.79 Å². The van der Waals surface area contributed by atoms with Crippen molar-refractivity contribution in [1.82, 2.24) is 5.32 Å². The highest BCUT2D eigenvalue weighted by molar-refractivity contribution is 6.31. The molecule has 17 heavy (non-hydrogen) atoms. The predicted molar refractivity (Wildman–Crippen MR) is 72.9 cm³/mol. The molecule has 2 unspecified atom stereocenters. The number of hydrogen-bond acceptors (Lipinski definition) is 2. The number of carbonyl (C=O) groups is 1. The lowest BCUT2D eigenvalue weighted by atomic mass is 10.0. The molecule has 0 saturated carbocycles. The monoisotopic (exact) mass is 253 g/mol. The first kappa shape index (κ1) is 14.2. The maximum Gasteiger partial charge on any atom is 0.179 e. The van der Waals surface area contributed by atoms with E-state index in [1.54, 1.807) is 12.1 Å². The number of ketones is 1. The van der Waals surface area contributed by atoms with Gasteiger partial charge in [-0.15, -0.1) is 0 Å². The molecule has 1 aromatic carbocycles. The van der Waals surface area contributed by atoms with E-state index in [0.29, 0.717) is 11.1 Å². The quantitative estimate of drug-likeness (QED) is 0.813. The molecule has 94 valence electrons. The fourth-order valence-electron chi connectivity index (χ4n) is 1.67. The second-order valence-corrected chi connectivity index (χ2v) is 4.93. The molecule has 1 rings (SSSR count). The summed E-state index contributed by atoms with van der Waals surface area (Å²) in [5, 5.41) is 3.98. The van der Waals surface area contributed by atoms with Gasteiger partial charge in [0.15, 0.2) is 5.78 Å². The largest absolute Gasteiger partial charge is 0.305 e. The van der Waals surface area contributed by atoms with E-state index in [9.17, 15) is 4.79 Å². The van der Waals surface area contributed by atoms with Gasteiger partial charge in [-0.3, -0.25) is 4.79 Å². The van der Waals surface area contributed by atoms with Gasteiger partial charge in [0.2, 0.25) is 0 Å². The third-order valence-corrected chi connectivity index (χ3v) is 3.41. The number of aryl methyl sites for hydroxylation is 1. The summed E-state index contributed by atoms with van der Waals surface area (Å²) in [4.78, 5) is 12.2. The van der Waals surface area contributed by atoms with Gasteiger partial charge < -0.3 is 5.32 Å². The Kier molecular flexibility index (Phi) is 5.16. The molecule has 0 amide bonds. The van der Waals surface area contributed by atoms with Gasteiger partial charge in [-0.05, 0) is 51.0 Å². The molecule has 0 heterocycles. The van der Waals surface area contributed by atoms with E-state index in [1.807, 2.05) is 19.9 Å². The Hall–Kier alpha value is -0.860. The molecule has 1 N–H and O–H groups in total. The van der Waals surface area contributed by atoms with Crippen molar-refractivity contribution in [1.29, 1.82) is 0 Å². The minimum absolute atomic E-state index is 0.116. The number of rotatable bonds is 5. The van der Waals surface area contributed by atoms with Crippen LogP contribution in [0.15, 0.2) is 18.2 Å². The van der Waals surface area contributed by atoms with Crippen LogP contribution in [0.5, 0.6) is 0 Å². The summed E-state index contributed by atoms with van der Waals surface area (Å²) in [7, 11) is 0. The van der Waals surface area contributed by atoms with Gasteiger partial charge in [-0.25, -0.2) is 0 Å². The first-order valence-electron chi connectivity index (χ1n) is 6.02. The third kappa shape index (κ3) is 3.83. The number of carbonyl (C=O) groups excluding carboxylic acids is 1. The second kappa shape index (κ2) is 6.18. The summed E-state index contributed by atoms with van der Waals surface area (Å²) in [6.07, 6.45) is 1.01. The molecule has 2 nitrogen and oxygen atoms in total. The molecule has 0 spiro atoms. The number of Topliss-reactive ketones (excluding diaryl/α,β-unsaturated/α-hetero) is 1. The highest BCUT2D eigenvalue weighted by atomic mass is 35.5. The average molecular weight is 254 g/mol. The Morgan fingerprint density at radius 3 is 2.59 bits per heavy atom. The van der Waals surface area contributed by atoms with E-state index in [1.165, 1.54) is 0 Å². The first-order valence-corrected chi connectivity index (χ1v) is 6.40. The summed E-state index contributed by atoms with van der Waals surface area (Å²) in [6, 6.07) is 5.60. The lowest BCUT2D eigenvalue weighted by molar-refractivity contribution is 0.0945. The normalized spacial score (nSPS) is 14.4. The van der Waals surface area contributed by atoms with Crippen molar-refractivity contribution in [2.75, 3.05) is 0 Å². The fraction of sp³-hybridized carbons (Fsp3) is 0.500. The van der Waals surface area contributed by atoms with Crippen molar-refractivity contribution in [2.24, 2.45) is 0 Å². The van der Waals surface area contributed by atoms with Crippen LogP contribution in [-0.4, -0.2) is 17.9 Å². The van der Waals surface area contributed by atoms with E-state index in [2.05, 4.69) is 19.2 Å². The van der Waals surface area contributed by atoms with E-state index < -0.39 is 0 Å². The zero-order chi connectivity index (χ0) is 13.0. The predicted octanol–water partition coefficient (Wildman–Crippen LogP) is 3.61. The molecule has 0 radical (unpaired) electrons.